The Morgan fingerprint density at radius 2 is 2.16 bits per heavy atom. The molecule has 1 aromatic heterocycles. The largest absolute Gasteiger partial charge is 0.492 e. The van der Waals surface area contributed by atoms with Crippen LogP contribution in [0.1, 0.15) is 10.4 Å². The van der Waals surface area contributed by atoms with Crippen molar-refractivity contribution in [2.24, 2.45) is 0 Å². The quantitative estimate of drug-likeness (QED) is 0.784. The monoisotopic (exact) mass is 279 g/mol. The van der Waals surface area contributed by atoms with E-state index in [1.165, 1.54) is 17.0 Å². The van der Waals surface area contributed by atoms with E-state index in [-0.39, 0.29) is 5.82 Å². The molecule has 0 atom stereocenters. The Labute approximate surface area is 117 Å². The van der Waals surface area contributed by atoms with Crippen LogP contribution in [-0.2, 0) is 6.42 Å². The molecule has 0 aliphatic carbocycles. The molecule has 0 amide bonds. The van der Waals surface area contributed by atoms with Crippen molar-refractivity contribution in [3.05, 3.63) is 52.0 Å². The van der Waals surface area contributed by atoms with Gasteiger partial charge in [0.05, 0.1) is 0 Å². The lowest BCUT2D eigenvalue weighted by molar-refractivity contribution is 0.311. The van der Waals surface area contributed by atoms with Gasteiger partial charge in [-0.25, -0.2) is 4.39 Å². The summed E-state index contributed by atoms with van der Waals surface area (Å²) in [6, 6.07) is 8.81. The van der Waals surface area contributed by atoms with Gasteiger partial charge < -0.3 is 10.1 Å². The number of halogens is 1. The van der Waals surface area contributed by atoms with Crippen LogP contribution in [0, 0.1) is 12.7 Å². The van der Waals surface area contributed by atoms with Crippen molar-refractivity contribution in [3.63, 3.8) is 0 Å². The summed E-state index contributed by atoms with van der Waals surface area (Å²) in [5, 5.41) is 5.40. The first-order valence-corrected chi connectivity index (χ1v) is 7.26. The smallest absolute Gasteiger partial charge is 0.126 e. The van der Waals surface area contributed by atoms with Gasteiger partial charge in [-0.2, -0.15) is 0 Å². The molecule has 4 heteroatoms. The average Bonchev–Trinajstić information content (AvgIpc) is 2.90. The molecule has 0 saturated carbocycles. The summed E-state index contributed by atoms with van der Waals surface area (Å²) in [4.78, 5) is 1.38. The summed E-state index contributed by atoms with van der Waals surface area (Å²) in [7, 11) is 0. The molecule has 0 spiro atoms. The summed E-state index contributed by atoms with van der Waals surface area (Å²) in [5.74, 6) is 0.367. The Morgan fingerprint density at radius 1 is 1.26 bits per heavy atom. The fourth-order valence-electron chi connectivity index (χ4n) is 1.75. The van der Waals surface area contributed by atoms with E-state index in [0.29, 0.717) is 12.4 Å². The lowest BCUT2D eigenvalue weighted by Gasteiger charge is -2.09. The maximum absolute atomic E-state index is 13.0. The second-order valence-corrected chi connectivity index (χ2v) is 5.37. The van der Waals surface area contributed by atoms with Gasteiger partial charge in [0.25, 0.3) is 0 Å². The number of benzene rings is 1. The molecule has 0 saturated heterocycles. The second-order valence-electron chi connectivity index (χ2n) is 4.34. The van der Waals surface area contributed by atoms with Crippen molar-refractivity contribution < 1.29 is 9.13 Å². The molecule has 102 valence electrons. The lowest BCUT2D eigenvalue weighted by atomic mass is 10.2. The van der Waals surface area contributed by atoms with Crippen LogP contribution in [0.4, 0.5) is 4.39 Å². The number of nitrogens with one attached hydrogen (secondary N) is 1. The molecule has 19 heavy (non-hydrogen) atoms. The Bertz CT molecular complexity index is 499. The van der Waals surface area contributed by atoms with E-state index in [9.17, 15) is 4.39 Å². The highest BCUT2D eigenvalue weighted by Crippen LogP contribution is 2.18. The zero-order valence-electron chi connectivity index (χ0n) is 11.0. The van der Waals surface area contributed by atoms with Crippen LogP contribution in [0.5, 0.6) is 5.75 Å². The van der Waals surface area contributed by atoms with Gasteiger partial charge in [-0.1, -0.05) is 12.1 Å². The van der Waals surface area contributed by atoms with Gasteiger partial charge in [0.15, 0.2) is 0 Å². The van der Waals surface area contributed by atoms with Gasteiger partial charge in [-0.05, 0) is 36.4 Å². The fraction of sp³-hybridized carbons (Fsp3) is 0.333. The molecular formula is C15H18FNOS. The van der Waals surface area contributed by atoms with Crippen LogP contribution in [0.25, 0.3) is 0 Å². The molecule has 0 bridgehead atoms. The first kappa shape index (κ1) is 14.0. The topological polar surface area (TPSA) is 21.3 Å². The number of hydrogen-bond acceptors (Lipinski definition) is 3. The number of aryl methyl sites for hydroxylation is 1. The van der Waals surface area contributed by atoms with Gasteiger partial charge in [-0.3, -0.25) is 0 Å². The SMILES string of the molecule is Cc1ccc(F)cc1OCCNCCc1cccs1. The third kappa shape index (κ3) is 4.65. The van der Waals surface area contributed by atoms with Crippen molar-refractivity contribution >= 4 is 11.3 Å². The highest BCUT2D eigenvalue weighted by Gasteiger charge is 2.01. The normalized spacial score (nSPS) is 10.6. The van der Waals surface area contributed by atoms with E-state index in [2.05, 4.69) is 22.8 Å². The van der Waals surface area contributed by atoms with Gasteiger partial charge in [0.2, 0.25) is 0 Å². The number of rotatable bonds is 7. The molecular weight excluding hydrogens is 261 g/mol. The highest BCUT2D eigenvalue weighted by atomic mass is 32.1. The maximum atomic E-state index is 13.0. The zero-order chi connectivity index (χ0) is 13.5. The number of thiophene rings is 1. The maximum Gasteiger partial charge on any atom is 0.126 e. The molecule has 2 aromatic rings. The average molecular weight is 279 g/mol. The Balaban J connectivity index is 1.62. The van der Waals surface area contributed by atoms with Crippen LogP contribution >= 0.6 is 11.3 Å². The third-order valence-corrected chi connectivity index (χ3v) is 3.75. The Hall–Kier alpha value is -1.39. The van der Waals surface area contributed by atoms with E-state index in [0.717, 1.165) is 25.1 Å². The first-order chi connectivity index (χ1) is 9.25. The fourth-order valence-corrected chi connectivity index (χ4v) is 2.46. The van der Waals surface area contributed by atoms with E-state index < -0.39 is 0 Å². The predicted octanol–water partition coefficient (Wildman–Crippen LogP) is 3.41. The molecule has 0 aliphatic heterocycles. The van der Waals surface area contributed by atoms with E-state index >= 15 is 0 Å². The first-order valence-electron chi connectivity index (χ1n) is 6.38. The van der Waals surface area contributed by atoms with E-state index in [1.54, 1.807) is 17.4 Å². The summed E-state index contributed by atoms with van der Waals surface area (Å²) >= 11 is 1.77. The minimum atomic E-state index is -0.258. The highest BCUT2D eigenvalue weighted by molar-refractivity contribution is 7.09. The van der Waals surface area contributed by atoms with Crippen molar-refractivity contribution in [3.8, 4) is 5.75 Å². The van der Waals surface area contributed by atoms with Gasteiger partial charge in [0, 0.05) is 24.0 Å². The van der Waals surface area contributed by atoms with Crippen molar-refractivity contribution in [2.75, 3.05) is 19.7 Å². The predicted molar refractivity (Wildman–Crippen MR) is 77.5 cm³/mol. The minimum absolute atomic E-state index is 0.258. The van der Waals surface area contributed by atoms with Crippen molar-refractivity contribution in [1.29, 1.82) is 0 Å². The lowest BCUT2D eigenvalue weighted by Crippen LogP contribution is -2.23. The molecule has 2 rings (SSSR count). The van der Waals surface area contributed by atoms with Crippen LogP contribution in [0.3, 0.4) is 0 Å². The van der Waals surface area contributed by atoms with Gasteiger partial charge in [0.1, 0.15) is 18.2 Å². The molecule has 0 unspecified atom stereocenters. The molecule has 0 fully saturated rings. The molecule has 2 nitrogen and oxygen atoms in total. The summed E-state index contributed by atoms with van der Waals surface area (Å²) in [5.41, 5.74) is 0.958. The van der Waals surface area contributed by atoms with Gasteiger partial charge in [-0.15, -0.1) is 11.3 Å². The molecule has 1 N–H and O–H groups in total. The third-order valence-electron chi connectivity index (χ3n) is 2.81. The van der Waals surface area contributed by atoms with Crippen LogP contribution < -0.4 is 10.1 Å². The molecule has 0 aliphatic rings. The van der Waals surface area contributed by atoms with E-state index in [4.69, 9.17) is 4.74 Å². The molecule has 0 radical (unpaired) electrons. The summed E-state index contributed by atoms with van der Waals surface area (Å²) < 4.78 is 18.6. The summed E-state index contributed by atoms with van der Waals surface area (Å²) in [6.07, 6.45) is 1.04. The minimum Gasteiger partial charge on any atom is -0.492 e. The van der Waals surface area contributed by atoms with Gasteiger partial charge >= 0.3 is 0 Å². The zero-order valence-corrected chi connectivity index (χ0v) is 11.8. The van der Waals surface area contributed by atoms with E-state index in [1.807, 2.05) is 6.92 Å². The molecule has 1 heterocycles. The Kier molecular flexibility index (Phi) is 5.36. The Morgan fingerprint density at radius 3 is 2.95 bits per heavy atom. The van der Waals surface area contributed by atoms with Crippen LogP contribution in [0.15, 0.2) is 35.7 Å². The van der Waals surface area contributed by atoms with Crippen molar-refractivity contribution in [2.45, 2.75) is 13.3 Å². The standard InChI is InChI=1S/C15H18FNOS/c1-12-4-5-13(16)11-15(12)18-9-8-17-7-6-14-3-2-10-19-14/h2-5,10-11,17H,6-9H2,1H3. The molecule has 1 aromatic carbocycles. The van der Waals surface area contributed by atoms with Crippen LogP contribution in [-0.4, -0.2) is 19.7 Å². The second kappa shape index (κ2) is 7.26. The van der Waals surface area contributed by atoms with Crippen molar-refractivity contribution in [1.82, 2.24) is 5.32 Å². The number of hydrogen-bond donors (Lipinski definition) is 1. The number of ether oxygens (including phenoxy) is 1. The summed E-state index contributed by atoms with van der Waals surface area (Å²) in [6.45, 7) is 4.17. The van der Waals surface area contributed by atoms with Crippen LogP contribution in [0.2, 0.25) is 0 Å².